The van der Waals surface area contributed by atoms with E-state index in [1.54, 1.807) is 4.90 Å². The van der Waals surface area contributed by atoms with Crippen LogP contribution >= 0.6 is 0 Å². The van der Waals surface area contributed by atoms with Crippen LogP contribution in [0.15, 0.2) is 53.3 Å². The van der Waals surface area contributed by atoms with Gasteiger partial charge in [-0.2, -0.15) is 10.1 Å². The Labute approximate surface area is 322 Å². The average Bonchev–Trinajstić information content (AvgIpc) is 3.81. The molecular formula is C42H52N8O5. The summed E-state index contributed by atoms with van der Waals surface area (Å²) < 4.78 is 19.0. The van der Waals surface area contributed by atoms with E-state index < -0.39 is 11.5 Å². The third kappa shape index (κ3) is 8.41. The van der Waals surface area contributed by atoms with E-state index in [1.165, 1.54) is 0 Å². The third-order valence-electron chi connectivity index (χ3n) is 10.3. The molecule has 6 heterocycles. The summed E-state index contributed by atoms with van der Waals surface area (Å²) in [6.45, 7) is 17.5. The maximum absolute atomic E-state index is 13.0. The van der Waals surface area contributed by atoms with Crippen molar-refractivity contribution in [3.05, 3.63) is 77.3 Å². The highest BCUT2D eigenvalue weighted by Crippen LogP contribution is 2.36. The molecule has 2 atom stereocenters. The molecule has 2 unspecified atom stereocenters. The van der Waals surface area contributed by atoms with E-state index in [1.807, 2.05) is 84.6 Å². The number of ether oxygens (including phenoxy) is 2. The first-order valence-electron chi connectivity index (χ1n) is 19.3. The number of aryl methyl sites for hydroxylation is 1. The van der Waals surface area contributed by atoms with Gasteiger partial charge in [0.2, 0.25) is 5.89 Å². The lowest BCUT2D eigenvalue weighted by molar-refractivity contribution is -0.0368. The van der Waals surface area contributed by atoms with Crippen LogP contribution in [0.4, 0.5) is 4.79 Å². The molecule has 2 saturated heterocycles. The smallest absolute Gasteiger partial charge is 0.410 e. The number of amides is 2. The predicted octanol–water partition coefficient (Wildman–Crippen LogP) is 8.45. The SMILES string of the molecule is Cc1cc(-c2nn(C3CCCCO3)c3ncc(-c4ccc(C5CCN(C(=O)OC(C)(C)C)CC5)nc4)cc23)ccc1C(C)NC(=O)c1noc(C(C)(C)C)n1. The molecule has 7 rings (SSSR count). The number of fused-ring (bicyclic) bond motifs is 1. The van der Waals surface area contributed by atoms with E-state index in [0.29, 0.717) is 25.6 Å². The molecule has 2 aliphatic rings. The van der Waals surface area contributed by atoms with Crippen molar-refractivity contribution < 1.29 is 23.6 Å². The molecule has 0 bridgehead atoms. The van der Waals surface area contributed by atoms with Gasteiger partial charge in [0.15, 0.2) is 11.9 Å². The summed E-state index contributed by atoms with van der Waals surface area (Å²) in [6.07, 6.45) is 8.00. The zero-order chi connectivity index (χ0) is 39.1. The van der Waals surface area contributed by atoms with Gasteiger partial charge in [0.1, 0.15) is 11.3 Å². The van der Waals surface area contributed by atoms with E-state index in [-0.39, 0.29) is 35.5 Å². The molecule has 13 heteroatoms. The number of likely N-dealkylation sites (tertiary alicyclic amines) is 1. The number of aromatic nitrogens is 6. The number of nitrogens with one attached hydrogen (secondary N) is 1. The fraction of sp³-hybridized carbons (Fsp3) is 0.500. The molecule has 1 N–H and O–H groups in total. The van der Waals surface area contributed by atoms with Crippen molar-refractivity contribution in [3.63, 3.8) is 0 Å². The Balaban J connectivity index is 1.12. The van der Waals surface area contributed by atoms with Gasteiger partial charge in [-0.05, 0) is 96.0 Å². The number of pyridine rings is 2. The Hall–Kier alpha value is -5.17. The summed E-state index contributed by atoms with van der Waals surface area (Å²) in [6, 6.07) is 12.2. The zero-order valence-corrected chi connectivity index (χ0v) is 33.2. The molecule has 0 radical (unpaired) electrons. The highest BCUT2D eigenvalue weighted by molar-refractivity contribution is 5.94. The highest BCUT2D eigenvalue weighted by Gasteiger charge is 2.29. The minimum atomic E-state index is -0.510. The fourth-order valence-corrected chi connectivity index (χ4v) is 7.28. The molecule has 13 nitrogen and oxygen atoms in total. The van der Waals surface area contributed by atoms with Crippen molar-refractivity contribution in [2.75, 3.05) is 19.7 Å². The second kappa shape index (κ2) is 15.2. The van der Waals surface area contributed by atoms with Crippen molar-refractivity contribution in [1.82, 2.24) is 40.1 Å². The lowest BCUT2D eigenvalue weighted by Gasteiger charge is -2.33. The van der Waals surface area contributed by atoms with Gasteiger partial charge in [-0.15, -0.1) is 0 Å². The second-order valence-electron chi connectivity index (χ2n) is 16.9. The van der Waals surface area contributed by atoms with Gasteiger partial charge in [-0.25, -0.2) is 14.5 Å². The van der Waals surface area contributed by atoms with Crippen LogP contribution in [0.5, 0.6) is 0 Å². The van der Waals surface area contributed by atoms with E-state index in [0.717, 1.165) is 82.3 Å². The Bertz CT molecular complexity index is 2160. The summed E-state index contributed by atoms with van der Waals surface area (Å²) in [7, 11) is 0. The molecule has 0 saturated carbocycles. The van der Waals surface area contributed by atoms with E-state index in [4.69, 9.17) is 29.1 Å². The summed E-state index contributed by atoms with van der Waals surface area (Å²) in [5.41, 5.74) is 6.56. The number of benzene rings is 1. The van der Waals surface area contributed by atoms with Gasteiger partial charge in [-0.1, -0.05) is 44.1 Å². The van der Waals surface area contributed by atoms with Crippen LogP contribution < -0.4 is 5.32 Å². The van der Waals surface area contributed by atoms with Crippen molar-refractivity contribution in [2.24, 2.45) is 0 Å². The second-order valence-corrected chi connectivity index (χ2v) is 16.9. The molecular weight excluding hydrogens is 697 g/mol. The molecule has 55 heavy (non-hydrogen) atoms. The van der Waals surface area contributed by atoms with E-state index in [9.17, 15) is 9.59 Å². The minimum Gasteiger partial charge on any atom is -0.444 e. The van der Waals surface area contributed by atoms with Crippen molar-refractivity contribution >= 4 is 23.0 Å². The van der Waals surface area contributed by atoms with Crippen LogP contribution in [-0.2, 0) is 14.9 Å². The van der Waals surface area contributed by atoms with Crippen LogP contribution in [0.2, 0.25) is 0 Å². The topological polar surface area (TPSA) is 150 Å². The predicted molar refractivity (Wildman–Crippen MR) is 208 cm³/mol. The van der Waals surface area contributed by atoms with Gasteiger partial charge in [0.25, 0.3) is 11.7 Å². The summed E-state index contributed by atoms with van der Waals surface area (Å²) in [4.78, 5) is 41.6. The van der Waals surface area contributed by atoms with Gasteiger partial charge < -0.3 is 24.2 Å². The minimum absolute atomic E-state index is 0.0155. The van der Waals surface area contributed by atoms with E-state index in [2.05, 4.69) is 39.7 Å². The largest absolute Gasteiger partial charge is 0.444 e. The first-order valence-corrected chi connectivity index (χ1v) is 19.3. The number of rotatable bonds is 7. The van der Waals surface area contributed by atoms with Crippen LogP contribution in [0.3, 0.4) is 0 Å². The Morgan fingerprint density at radius 2 is 1.67 bits per heavy atom. The summed E-state index contributed by atoms with van der Waals surface area (Å²) >= 11 is 0. The zero-order valence-electron chi connectivity index (χ0n) is 33.2. The van der Waals surface area contributed by atoms with Crippen LogP contribution in [0.1, 0.15) is 132 Å². The molecule has 1 aromatic carbocycles. The van der Waals surface area contributed by atoms with Crippen molar-refractivity contribution in [2.45, 2.75) is 117 Å². The molecule has 2 fully saturated rings. The molecule has 2 aliphatic heterocycles. The lowest BCUT2D eigenvalue weighted by Crippen LogP contribution is -2.41. The first-order chi connectivity index (χ1) is 26.1. The van der Waals surface area contributed by atoms with Gasteiger partial charge in [-0.3, -0.25) is 9.78 Å². The maximum Gasteiger partial charge on any atom is 0.410 e. The molecule has 4 aromatic heterocycles. The molecule has 5 aromatic rings. The quantitative estimate of drug-likeness (QED) is 0.172. The number of hydrogen-bond acceptors (Lipinski definition) is 10. The van der Waals surface area contributed by atoms with Crippen molar-refractivity contribution in [1.29, 1.82) is 0 Å². The standard InChI is InChI=1S/C42H52N8O5/c1-25-21-28(12-14-31(25)26(2)45-38(51)36-46-39(55-48-36)41(3,4)5)35-32-22-30(24-44-37(32)50(47-35)34-11-9-10-20-53-34)29-13-15-33(43-23-29)27-16-18-49(19-17-27)40(52)54-42(6,7)8/h12-15,21-24,26-27,34H,9-11,16-20H2,1-8H3,(H,45,51). The van der Waals surface area contributed by atoms with Gasteiger partial charge in [0, 0.05) is 71.2 Å². The summed E-state index contributed by atoms with van der Waals surface area (Å²) in [5.74, 6) is 0.311. The maximum atomic E-state index is 13.0. The highest BCUT2D eigenvalue weighted by atomic mass is 16.6. The number of piperidine rings is 1. The molecule has 0 spiro atoms. The number of carbonyl (C=O) groups is 2. The summed E-state index contributed by atoms with van der Waals surface area (Å²) in [5, 5.41) is 13.0. The Morgan fingerprint density at radius 3 is 2.31 bits per heavy atom. The normalized spacial score (nSPS) is 17.7. The lowest BCUT2D eigenvalue weighted by atomic mass is 9.92. The van der Waals surface area contributed by atoms with Gasteiger partial charge in [0.05, 0.1) is 6.04 Å². The van der Waals surface area contributed by atoms with Crippen LogP contribution in [0.25, 0.3) is 33.4 Å². The fourth-order valence-electron chi connectivity index (χ4n) is 7.28. The number of hydrogen-bond donors (Lipinski definition) is 1. The van der Waals surface area contributed by atoms with Crippen LogP contribution in [0, 0.1) is 6.92 Å². The first kappa shape index (κ1) is 38.1. The average molecular weight is 749 g/mol. The Morgan fingerprint density at radius 1 is 0.927 bits per heavy atom. The molecule has 290 valence electrons. The molecule has 0 aliphatic carbocycles. The number of carbonyl (C=O) groups excluding carboxylic acids is 2. The van der Waals surface area contributed by atoms with Crippen LogP contribution in [-0.4, -0.2) is 72.1 Å². The van der Waals surface area contributed by atoms with E-state index >= 15 is 0 Å². The third-order valence-corrected chi connectivity index (χ3v) is 10.3. The Kier molecular flexibility index (Phi) is 10.5. The number of nitrogens with zero attached hydrogens (tertiary/aromatic N) is 7. The molecule has 2 amide bonds. The monoisotopic (exact) mass is 748 g/mol. The van der Waals surface area contributed by atoms with Gasteiger partial charge >= 0.3 is 6.09 Å². The van der Waals surface area contributed by atoms with Crippen molar-refractivity contribution in [3.8, 4) is 22.4 Å².